The average Bonchev–Trinajstić information content (AvgIpc) is 2.14. The Labute approximate surface area is 93.8 Å². The molecule has 1 heterocycles. The van der Waals surface area contributed by atoms with Gasteiger partial charge in [-0.05, 0) is 12.8 Å². The molecule has 0 aromatic heterocycles. The molecule has 1 rings (SSSR count). The van der Waals surface area contributed by atoms with E-state index < -0.39 is 17.5 Å². The smallest absolute Gasteiger partial charge is 0.342 e. The van der Waals surface area contributed by atoms with Gasteiger partial charge in [0.25, 0.3) is 0 Å². The van der Waals surface area contributed by atoms with Crippen molar-refractivity contribution in [3.63, 3.8) is 0 Å². The molecule has 1 amide bonds. The van der Waals surface area contributed by atoms with Crippen LogP contribution in [0, 0.1) is 11.3 Å². The molecule has 0 aromatic carbocycles. The molecular weight excluding hydrogens is 219 g/mol. The Bertz CT molecular complexity index is 267. The summed E-state index contributed by atoms with van der Waals surface area (Å²) in [6.45, 7) is 5.45. The van der Waals surface area contributed by atoms with Crippen molar-refractivity contribution < 1.29 is 18.0 Å². The summed E-state index contributed by atoms with van der Waals surface area (Å²) >= 11 is 0. The first kappa shape index (κ1) is 13.3. The summed E-state index contributed by atoms with van der Waals surface area (Å²) in [5.74, 6) is -1.55. The highest BCUT2D eigenvalue weighted by molar-refractivity contribution is 5.81. The minimum Gasteiger partial charge on any atom is -0.342 e. The van der Waals surface area contributed by atoms with Crippen molar-refractivity contribution in [2.75, 3.05) is 13.1 Å². The highest BCUT2D eigenvalue weighted by Gasteiger charge is 2.43. The molecule has 1 aliphatic heterocycles. The van der Waals surface area contributed by atoms with Crippen LogP contribution < -0.4 is 0 Å². The largest absolute Gasteiger partial charge is 0.393 e. The molecule has 5 heteroatoms. The molecule has 2 nitrogen and oxygen atoms in total. The van der Waals surface area contributed by atoms with Crippen molar-refractivity contribution in [3.8, 4) is 0 Å². The van der Waals surface area contributed by atoms with Crippen LogP contribution in [0.25, 0.3) is 0 Å². The van der Waals surface area contributed by atoms with E-state index in [2.05, 4.69) is 0 Å². The summed E-state index contributed by atoms with van der Waals surface area (Å²) in [5.41, 5.74) is -0.604. The van der Waals surface area contributed by atoms with Crippen LogP contribution in [0.3, 0.4) is 0 Å². The van der Waals surface area contributed by atoms with Crippen molar-refractivity contribution in [1.29, 1.82) is 0 Å². The molecule has 0 N–H and O–H groups in total. The van der Waals surface area contributed by atoms with Gasteiger partial charge in [0.2, 0.25) is 5.91 Å². The zero-order valence-electron chi connectivity index (χ0n) is 9.90. The number of nitrogens with zero attached hydrogens (tertiary/aromatic N) is 1. The summed E-state index contributed by atoms with van der Waals surface area (Å²) in [6.07, 6.45) is -3.61. The molecule has 0 spiro atoms. The van der Waals surface area contributed by atoms with Crippen molar-refractivity contribution in [2.24, 2.45) is 11.3 Å². The van der Waals surface area contributed by atoms with Crippen LogP contribution >= 0.6 is 0 Å². The second kappa shape index (κ2) is 4.26. The number of piperidine rings is 1. The molecule has 1 saturated heterocycles. The lowest BCUT2D eigenvalue weighted by molar-refractivity contribution is -0.189. The molecule has 0 bridgehead atoms. The van der Waals surface area contributed by atoms with Crippen LogP contribution in [0.5, 0.6) is 0 Å². The lowest BCUT2D eigenvalue weighted by Crippen LogP contribution is -2.48. The maximum atomic E-state index is 12.5. The average molecular weight is 237 g/mol. The first-order chi connectivity index (χ1) is 7.12. The number of rotatable bonds is 0. The van der Waals surface area contributed by atoms with Crippen LogP contribution in [0.4, 0.5) is 13.2 Å². The van der Waals surface area contributed by atoms with Gasteiger partial charge in [-0.1, -0.05) is 20.8 Å². The van der Waals surface area contributed by atoms with Gasteiger partial charge in [-0.25, -0.2) is 0 Å². The SMILES string of the molecule is CC(C)(C)C(=O)N1CCC[C@@H](C(F)(F)F)C1. The first-order valence-electron chi connectivity index (χ1n) is 5.48. The quantitative estimate of drug-likeness (QED) is 0.634. The Morgan fingerprint density at radius 2 is 1.81 bits per heavy atom. The second-order valence-corrected chi connectivity index (χ2v) is 5.38. The fourth-order valence-corrected chi connectivity index (χ4v) is 1.90. The van der Waals surface area contributed by atoms with Gasteiger partial charge in [0.15, 0.2) is 0 Å². The summed E-state index contributed by atoms with van der Waals surface area (Å²) in [5, 5.41) is 0. The molecule has 0 unspecified atom stereocenters. The maximum absolute atomic E-state index is 12.5. The van der Waals surface area contributed by atoms with E-state index in [9.17, 15) is 18.0 Å². The van der Waals surface area contributed by atoms with Gasteiger partial charge in [0.05, 0.1) is 5.92 Å². The minimum absolute atomic E-state index is 0.136. The van der Waals surface area contributed by atoms with Gasteiger partial charge in [-0.2, -0.15) is 13.2 Å². The standard InChI is InChI=1S/C11H18F3NO/c1-10(2,3)9(16)15-6-4-5-8(7-15)11(12,13)14/h8H,4-7H2,1-3H3/t8-/m1/s1. The van der Waals surface area contributed by atoms with Crippen LogP contribution in [0.1, 0.15) is 33.6 Å². The van der Waals surface area contributed by atoms with E-state index >= 15 is 0 Å². The summed E-state index contributed by atoms with van der Waals surface area (Å²) in [7, 11) is 0. The molecule has 0 radical (unpaired) electrons. The maximum Gasteiger partial charge on any atom is 0.393 e. The van der Waals surface area contributed by atoms with Crippen molar-refractivity contribution >= 4 is 5.91 Å². The Morgan fingerprint density at radius 3 is 2.25 bits per heavy atom. The Hall–Kier alpha value is -0.740. The third-order valence-corrected chi connectivity index (χ3v) is 2.81. The molecule has 1 atom stereocenters. The van der Waals surface area contributed by atoms with Crippen LogP contribution in [-0.4, -0.2) is 30.1 Å². The number of likely N-dealkylation sites (tertiary alicyclic amines) is 1. The van der Waals surface area contributed by atoms with Crippen molar-refractivity contribution in [1.82, 2.24) is 4.90 Å². The van der Waals surface area contributed by atoms with E-state index in [1.165, 1.54) is 4.90 Å². The summed E-state index contributed by atoms with van der Waals surface area (Å²) in [6, 6.07) is 0. The number of alkyl halides is 3. The molecule has 16 heavy (non-hydrogen) atoms. The van der Waals surface area contributed by atoms with Gasteiger partial charge in [0.1, 0.15) is 0 Å². The number of hydrogen-bond acceptors (Lipinski definition) is 1. The number of halogens is 3. The summed E-state index contributed by atoms with van der Waals surface area (Å²) < 4.78 is 37.6. The number of amides is 1. The predicted molar refractivity (Wildman–Crippen MR) is 54.8 cm³/mol. The zero-order chi connectivity index (χ0) is 12.6. The molecule has 94 valence electrons. The zero-order valence-corrected chi connectivity index (χ0v) is 9.90. The van der Waals surface area contributed by atoms with E-state index in [4.69, 9.17) is 0 Å². The molecule has 1 aliphatic rings. The molecule has 1 fully saturated rings. The van der Waals surface area contributed by atoms with Gasteiger partial charge in [0, 0.05) is 18.5 Å². The van der Waals surface area contributed by atoms with Crippen molar-refractivity contribution in [3.05, 3.63) is 0 Å². The Kier molecular flexibility index (Phi) is 3.55. The number of hydrogen-bond donors (Lipinski definition) is 0. The first-order valence-corrected chi connectivity index (χ1v) is 5.48. The van der Waals surface area contributed by atoms with Gasteiger partial charge >= 0.3 is 6.18 Å². The van der Waals surface area contributed by atoms with E-state index in [1.807, 2.05) is 0 Å². The second-order valence-electron chi connectivity index (χ2n) is 5.38. The van der Waals surface area contributed by atoms with Crippen LogP contribution in [-0.2, 0) is 4.79 Å². The van der Waals surface area contributed by atoms with E-state index in [0.717, 1.165) is 0 Å². The molecule has 0 aromatic rings. The molecular formula is C11H18F3NO. The van der Waals surface area contributed by atoms with Gasteiger partial charge < -0.3 is 4.90 Å². The number of carbonyl (C=O) groups is 1. The third-order valence-electron chi connectivity index (χ3n) is 2.81. The van der Waals surface area contributed by atoms with Crippen LogP contribution in [0.2, 0.25) is 0 Å². The Balaban J connectivity index is 2.68. The molecule has 0 saturated carbocycles. The fraction of sp³-hybridized carbons (Fsp3) is 0.909. The lowest BCUT2D eigenvalue weighted by atomic mass is 9.91. The molecule has 0 aliphatic carbocycles. The Morgan fingerprint density at radius 1 is 1.25 bits per heavy atom. The van der Waals surface area contributed by atoms with Gasteiger partial charge in [-0.3, -0.25) is 4.79 Å². The summed E-state index contributed by atoms with van der Waals surface area (Å²) in [4.78, 5) is 13.2. The van der Waals surface area contributed by atoms with E-state index in [1.54, 1.807) is 20.8 Å². The predicted octanol–water partition coefficient (Wildman–Crippen LogP) is 2.83. The normalized spacial score (nSPS) is 23.4. The van der Waals surface area contributed by atoms with E-state index in [-0.39, 0.29) is 18.9 Å². The minimum atomic E-state index is -4.18. The number of carbonyl (C=O) groups excluding carboxylic acids is 1. The fourth-order valence-electron chi connectivity index (χ4n) is 1.90. The van der Waals surface area contributed by atoms with Crippen molar-refractivity contribution in [2.45, 2.75) is 39.8 Å². The lowest BCUT2D eigenvalue weighted by Gasteiger charge is -2.37. The highest BCUT2D eigenvalue weighted by Crippen LogP contribution is 2.34. The third kappa shape index (κ3) is 3.12. The monoisotopic (exact) mass is 237 g/mol. The van der Waals surface area contributed by atoms with Crippen LogP contribution in [0.15, 0.2) is 0 Å². The van der Waals surface area contributed by atoms with E-state index in [0.29, 0.717) is 13.0 Å². The van der Waals surface area contributed by atoms with Gasteiger partial charge in [-0.15, -0.1) is 0 Å². The highest BCUT2D eigenvalue weighted by atomic mass is 19.4. The topological polar surface area (TPSA) is 20.3 Å².